The predicted molar refractivity (Wildman–Crippen MR) is 72.2 cm³/mol. The third-order valence-corrected chi connectivity index (χ3v) is 3.39. The molecule has 0 fully saturated rings. The molecule has 0 spiro atoms. The Morgan fingerprint density at radius 1 is 1.28 bits per heavy atom. The van der Waals surface area contributed by atoms with Crippen molar-refractivity contribution in [3.63, 3.8) is 0 Å². The van der Waals surface area contributed by atoms with Gasteiger partial charge in [0.15, 0.2) is 0 Å². The fourth-order valence-corrected chi connectivity index (χ4v) is 2.28. The topological polar surface area (TPSA) is 57.5 Å². The lowest BCUT2D eigenvalue weighted by Gasteiger charge is -2.17. The highest BCUT2D eigenvalue weighted by Crippen LogP contribution is 2.34. The number of carboxylic acid groups (broad SMARTS) is 1. The zero-order valence-corrected chi connectivity index (χ0v) is 11.1. The first-order valence-electron chi connectivity index (χ1n) is 6.66. The summed E-state index contributed by atoms with van der Waals surface area (Å²) in [7, 11) is 0. The molecule has 1 aromatic rings. The Morgan fingerprint density at radius 2 is 2.00 bits per heavy atom. The van der Waals surface area contributed by atoms with E-state index in [9.17, 15) is 9.90 Å². The van der Waals surface area contributed by atoms with Crippen LogP contribution in [-0.2, 0) is 0 Å². The normalized spacial score (nSPS) is 12.3. The number of benzene rings is 1. The lowest BCUT2D eigenvalue weighted by atomic mass is 9.89. The highest BCUT2D eigenvalue weighted by molar-refractivity contribution is 5.91. The molecule has 0 aliphatic heterocycles. The van der Waals surface area contributed by atoms with Gasteiger partial charge in [0.2, 0.25) is 0 Å². The highest BCUT2D eigenvalue weighted by Gasteiger charge is 2.18. The molecule has 0 aliphatic carbocycles. The van der Waals surface area contributed by atoms with Crippen molar-refractivity contribution in [3.8, 4) is 5.75 Å². The Balaban J connectivity index is 2.92. The first-order chi connectivity index (χ1) is 8.61. The van der Waals surface area contributed by atoms with Crippen LogP contribution in [0.1, 0.15) is 67.8 Å². The lowest BCUT2D eigenvalue weighted by molar-refractivity contribution is 0.0693. The minimum Gasteiger partial charge on any atom is -0.507 e. The zero-order valence-electron chi connectivity index (χ0n) is 11.1. The van der Waals surface area contributed by atoms with Crippen LogP contribution in [0.4, 0.5) is 0 Å². The molecule has 3 heteroatoms. The fourth-order valence-electron chi connectivity index (χ4n) is 2.28. The molecule has 1 unspecified atom stereocenters. The van der Waals surface area contributed by atoms with Crippen LogP contribution in [0, 0.1) is 0 Å². The fraction of sp³-hybridized carbons (Fsp3) is 0.533. The Hall–Kier alpha value is -1.51. The van der Waals surface area contributed by atoms with Gasteiger partial charge >= 0.3 is 5.97 Å². The average molecular weight is 250 g/mol. The minimum absolute atomic E-state index is 0.00133. The van der Waals surface area contributed by atoms with Gasteiger partial charge in [0.1, 0.15) is 11.3 Å². The lowest BCUT2D eigenvalue weighted by Crippen LogP contribution is -2.03. The van der Waals surface area contributed by atoms with Gasteiger partial charge in [-0.1, -0.05) is 45.2 Å². The van der Waals surface area contributed by atoms with Crippen LogP contribution in [0.15, 0.2) is 18.2 Å². The summed E-state index contributed by atoms with van der Waals surface area (Å²) in [5.74, 6) is -0.887. The smallest absolute Gasteiger partial charge is 0.339 e. The van der Waals surface area contributed by atoms with Crippen LogP contribution in [0.5, 0.6) is 5.75 Å². The molecule has 2 N–H and O–H groups in total. The van der Waals surface area contributed by atoms with Crippen molar-refractivity contribution >= 4 is 5.97 Å². The third kappa shape index (κ3) is 3.49. The number of aromatic hydroxyl groups is 1. The van der Waals surface area contributed by atoms with E-state index < -0.39 is 5.97 Å². The molecule has 0 saturated carbocycles. The first-order valence-corrected chi connectivity index (χ1v) is 6.66. The van der Waals surface area contributed by atoms with Crippen LogP contribution in [0.3, 0.4) is 0 Å². The summed E-state index contributed by atoms with van der Waals surface area (Å²) in [6.45, 7) is 4.23. The van der Waals surface area contributed by atoms with Crippen LogP contribution < -0.4 is 0 Å². The standard InChI is InChI=1S/C15H22O3/c1-3-5-6-8-11(4-2)12-9-7-10-13(14(12)16)15(17)18/h7,9-11,16H,3-6,8H2,1-2H3,(H,17,18). The van der Waals surface area contributed by atoms with Gasteiger partial charge in [-0.25, -0.2) is 4.79 Å². The molecule has 1 aromatic carbocycles. The monoisotopic (exact) mass is 250 g/mol. The largest absolute Gasteiger partial charge is 0.507 e. The maximum absolute atomic E-state index is 11.0. The Bertz CT molecular complexity index is 399. The number of phenols is 1. The number of unbranched alkanes of at least 4 members (excludes halogenated alkanes) is 2. The molecule has 0 saturated heterocycles. The molecule has 0 amide bonds. The Kier molecular flexibility index (Phi) is 5.69. The van der Waals surface area contributed by atoms with E-state index in [-0.39, 0.29) is 17.2 Å². The number of carboxylic acids is 1. The summed E-state index contributed by atoms with van der Waals surface area (Å²) < 4.78 is 0. The molecule has 3 nitrogen and oxygen atoms in total. The molecule has 1 rings (SSSR count). The van der Waals surface area contributed by atoms with E-state index in [0.717, 1.165) is 31.2 Å². The maximum atomic E-state index is 11.0. The third-order valence-electron chi connectivity index (χ3n) is 3.39. The summed E-state index contributed by atoms with van der Waals surface area (Å²) in [5, 5.41) is 19.0. The van der Waals surface area contributed by atoms with Gasteiger partial charge in [-0.15, -0.1) is 0 Å². The second-order valence-corrected chi connectivity index (χ2v) is 4.65. The number of rotatable bonds is 7. The molecule has 18 heavy (non-hydrogen) atoms. The van der Waals surface area contributed by atoms with Gasteiger partial charge < -0.3 is 10.2 Å². The average Bonchev–Trinajstić information content (AvgIpc) is 2.35. The van der Waals surface area contributed by atoms with Crippen LogP contribution in [-0.4, -0.2) is 16.2 Å². The summed E-state index contributed by atoms with van der Waals surface area (Å²) >= 11 is 0. The van der Waals surface area contributed by atoms with E-state index in [0.29, 0.717) is 0 Å². The second kappa shape index (κ2) is 7.04. The van der Waals surface area contributed by atoms with Crippen LogP contribution >= 0.6 is 0 Å². The maximum Gasteiger partial charge on any atom is 0.339 e. The minimum atomic E-state index is -1.07. The van der Waals surface area contributed by atoms with Gasteiger partial charge in [0, 0.05) is 0 Å². The quantitative estimate of drug-likeness (QED) is 0.714. The molecule has 0 aliphatic rings. The molecular formula is C15H22O3. The van der Waals surface area contributed by atoms with Crippen molar-refractivity contribution in [1.82, 2.24) is 0 Å². The van der Waals surface area contributed by atoms with E-state index in [2.05, 4.69) is 13.8 Å². The van der Waals surface area contributed by atoms with Gasteiger partial charge in [0.25, 0.3) is 0 Å². The van der Waals surface area contributed by atoms with Crippen molar-refractivity contribution in [2.24, 2.45) is 0 Å². The first kappa shape index (κ1) is 14.6. The number of aromatic carboxylic acids is 1. The Morgan fingerprint density at radius 3 is 2.56 bits per heavy atom. The van der Waals surface area contributed by atoms with Crippen molar-refractivity contribution in [2.45, 2.75) is 51.9 Å². The van der Waals surface area contributed by atoms with Crippen LogP contribution in [0.25, 0.3) is 0 Å². The van der Waals surface area contributed by atoms with Crippen LogP contribution in [0.2, 0.25) is 0 Å². The summed E-state index contributed by atoms with van der Waals surface area (Å²) in [6, 6.07) is 4.99. The zero-order chi connectivity index (χ0) is 13.5. The summed E-state index contributed by atoms with van der Waals surface area (Å²) in [5.41, 5.74) is 0.773. The Labute approximate surface area is 108 Å². The molecular weight excluding hydrogens is 228 g/mol. The van der Waals surface area contributed by atoms with E-state index in [1.807, 2.05) is 6.07 Å². The van der Waals surface area contributed by atoms with E-state index in [4.69, 9.17) is 5.11 Å². The van der Waals surface area contributed by atoms with E-state index in [1.54, 1.807) is 6.07 Å². The van der Waals surface area contributed by atoms with Crippen molar-refractivity contribution < 1.29 is 15.0 Å². The van der Waals surface area contributed by atoms with Gasteiger partial charge in [-0.2, -0.15) is 0 Å². The molecule has 0 heterocycles. The molecule has 0 aromatic heterocycles. The number of carbonyl (C=O) groups is 1. The molecule has 0 radical (unpaired) electrons. The SMILES string of the molecule is CCCCCC(CC)c1cccc(C(=O)O)c1O. The highest BCUT2D eigenvalue weighted by atomic mass is 16.4. The molecule has 1 atom stereocenters. The number of para-hydroxylation sites is 1. The van der Waals surface area contributed by atoms with E-state index in [1.165, 1.54) is 12.5 Å². The second-order valence-electron chi connectivity index (χ2n) is 4.65. The van der Waals surface area contributed by atoms with Crippen molar-refractivity contribution in [1.29, 1.82) is 0 Å². The molecule has 100 valence electrons. The van der Waals surface area contributed by atoms with Crippen molar-refractivity contribution in [3.05, 3.63) is 29.3 Å². The van der Waals surface area contributed by atoms with E-state index >= 15 is 0 Å². The summed E-state index contributed by atoms with van der Waals surface area (Å²) in [4.78, 5) is 11.0. The summed E-state index contributed by atoms with van der Waals surface area (Å²) in [6.07, 6.45) is 5.38. The van der Waals surface area contributed by atoms with Gasteiger partial charge in [0.05, 0.1) is 0 Å². The number of hydrogen-bond donors (Lipinski definition) is 2. The number of hydrogen-bond acceptors (Lipinski definition) is 2. The van der Waals surface area contributed by atoms with Crippen molar-refractivity contribution in [2.75, 3.05) is 0 Å². The molecule has 0 bridgehead atoms. The van der Waals surface area contributed by atoms with Gasteiger partial charge in [-0.3, -0.25) is 0 Å². The predicted octanol–water partition coefficient (Wildman–Crippen LogP) is 4.16. The van der Waals surface area contributed by atoms with Gasteiger partial charge in [-0.05, 0) is 30.4 Å².